The maximum atomic E-state index is 5.24. The lowest BCUT2D eigenvalue weighted by molar-refractivity contribution is 1.37. The third-order valence-electron chi connectivity index (χ3n) is 1.41. The Morgan fingerprint density at radius 1 is 1.42 bits per heavy atom. The zero-order valence-electron chi connectivity index (χ0n) is 6.71. The van der Waals surface area contributed by atoms with Gasteiger partial charge in [0.15, 0.2) is 5.96 Å². The molecule has 4 N–H and O–H groups in total. The summed E-state index contributed by atoms with van der Waals surface area (Å²) in [5.74, 6) is 0.0923. The predicted octanol–water partition coefficient (Wildman–Crippen LogP) is 1.50. The van der Waals surface area contributed by atoms with Crippen LogP contribution in [-0.4, -0.2) is 5.96 Å². The highest BCUT2D eigenvalue weighted by atomic mass is 127. The van der Waals surface area contributed by atoms with Crippen LogP contribution in [0, 0.1) is 10.5 Å². The molecular formula is C8H10IN3. The van der Waals surface area contributed by atoms with Gasteiger partial charge in [0.25, 0.3) is 0 Å². The fourth-order valence-corrected chi connectivity index (χ4v) is 1.30. The molecule has 0 unspecified atom stereocenters. The molecule has 0 aliphatic heterocycles. The van der Waals surface area contributed by atoms with E-state index in [4.69, 9.17) is 11.5 Å². The zero-order chi connectivity index (χ0) is 9.14. The molecule has 0 fully saturated rings. The van der Waals surface area contributed by atoms with Gasteiger partial charge in [-0.15, -0.1) is 0 Å². The number of guanidine groups is 1. The highest BCUT2D eigenvalue weighted by molar-refractivity contribution is 14.1. The van der Waals surface area contributed by atoms with Crippen LogP contribution in [0.25, 0.3) is 0 Å². The van der Waals surface area contributed by atoms with E-state index in [9.17, 15) is 0 Å². The van der Waals surface area contributed by atoms with Crippen molar-refractivity contribution in [1.29, 1.82) is 0 Å². The predicted molar refractivity (Wildman–Crippen MR) is 59.4 cm³/mol. The number of rotatable bonds is 1. The first-order valence-electron chi connectivity index (χ1n) is 3.45. The molecule has 0 spiro atoms. The lowest BCUT2D eigenvalue weighted by atomic mass is 10.2. The number of nitrogens with two attached hydrogens (primary N) is 2. The van der Waals surface area contributed by atoms with Crippen LogP contribution in [0.3, 0.4) is 0 Å². The van der Waals surface area contributed by atoms with E-state index in [-0.39, 0.29) is 5.96 Å². The third kappa shape index (κ3) is 2.37. The van der Waals surface area contributed by atoms with Crippen molar-refractivity contribution in [2.24, 2.45) is 16.5 Å². The Kier molecular flexibility index (Phi) is 2.91. The van der Waals surface area contributed by atoms with Crippen molar-refractivity contribution in [3.8, 4) is 0 Å². The summed E-state index contributed by atoms with van der Waals surface area (Å²) in [6.45, 7) is 2.04. The molecule has 1 aromatic carbocycles. The second kappa shape index (κ2) is 3.75. The molecule has 0 bridgehead atoms. The molecule has 0 radical (unpaired) electrons. The fourth-order valence-electron chi connectivity index (χ4n) is 0.800. The minimum Gasteiger partial charge on any atom is -0.370 e. The first kappa shape index (κ1) is 9.31. The number of benzene rings is 1. The van der Waals surface area contributed by atoms with Crippen molar-refractivity contribution in [2.75, 3.05) is 0 Å². The van der Waals surface area contributed by atoms with E-state index < -0.39 is 0 Å². The Morgan fingerprint density at radius 2 is 2.08 bits per heavy atom. The maximum absolute atomic E-state index is 5.24. The number of nitrogens with zero attached hydrogens (tertiary/aromatic N) is 1. The number of aryl methyl sites for hydroxylation is 1. The summed E-state index contributed by atoms with van der Waals surface area (Å²) in [5, 5.41) is 0. The first-order valence-corrected chi connectivity index (χ1v) is 4.53. The molecule has 1 rings (SSSR count). The van der Waals surface area contributed by atoms with Crippen molar-refractivity contribution < 1.29 is 0 Å². The second-order valence-electron chi connectivity index (χ2n) is 2.47. The lowest BCUT2D eigenvalue weighted by Gasteiger charge is -1.99. The normalized spacial score (nSPS) is 9.50. The standard InChI is InChI=1S/C8H10IN3/c1-5-2-3-6(4-7(5)9)12-8(10)11/h2-4H,1H3,(H4,10,11,12). The molecule has 0 aliphatic carbocycles. The molecule has 3 nitrogen and oxygen atoms in total. The van der Waals surface area contributed by atoms with Gasteiger partial charge >= 0.3 is 0 Å². The number of aliphatic imine (C=N–C) groups is 1. The molecule has 64 valence electrons. The number of hydrogen-bond donors (Lipinski definition) is 2. The van der Waals surface area contributed by atoms with Gasteiger partial charge in [0, 0.05) is 3.57 Å². The van der Waals surface area contributed by atoms with Crippen LogP contribution in [0.2, 0.25) is 0 Å². The zero-order valence-corrected chi connectivity index (χ0v) is 8.87. The molecule has 0 aromatic heterocycles. The van der Waals surface area contributed by atoms with Gasteiger partial charge in [0.2, 0.25) is 0 Å². The highest BCUT2D eigenvalue weighted by Gasteiger charge is 1.95. The lowest BCUT2D eigenvalue weighted by Crippen LogP contribution is -2.21. The SMILES string of the molecule is Cc1ccc(N=C(N)N)cc1I. The maximum Gasteiger partial charge on any atom is 0.191 e. The van der Waals surface area contributed by atoms with Gasteiger partial charge in [-0.3, -0.25) is 0 Å². The van der Waals surface area contributed by atoms with E-state index >= 15 is 0 Å². The van der Waals surface area contributed by atoms with E-state index in [0.717, 1.165) is 9.26 Å². The van der Waals surface area contributed by atoms with Gasteiger partial charge in [-0.25, -0.2) is 4.99 Å². The highest BCUT2D eigenvalue weighted by Crippen LogP contribution is 2.18. The van der Waals surface area contributed by atoms with Crippen molar-refractivity contribution >= 4 is 34.2 Å². The third-order valence-corrected chi connectivity index (χ3v) is 2.58. The van der Waals surface area contributed by atoms with E-state index in [1.54, 1.807) is 0 Å². The summed E-state index contributed by atoms with van der Waals surface area (Å²) in [6, 6.07) is 5.82. The van der Waals surface area contributed by atoms with Crippen LogP contribution in [-0.2, 0) is 0 Å². The van der Waals surface area contributed by atoms with Gasteiger partial charge in [-0.2, -0.15) is 0 Å². The Balaban J connectivity index is 3.05. The van der Waals surface area contributed by atoms with Crippen molar-refractivity contribution in [3.05, 3.63) is 27.3 Å². The quantitative estimate of drug-likeness (QED) is 0.463. The topological polar surface area (TPSA) is 64.4 Å². The van der Waals surface area contributed by atoms with E-state index in [1.165, 1.54) is 5.56 Å². The smallest absolute Gasteiger partial charge is 0.191 e. The molecule has 0 atom stereocenters. The first-order chi connectivity index (χ1) is 5.59. The largest absolute Gasteiger partial charge is 0.370 e. The van der Waals surface area contributed by atoms with Crippen LogP contribution in [0.1, 0.15) is 5.56 Å². The Hall–Kier alpha value is -0.780. The molecular weight excluding hydrogens is 265 g/mol. The Labute approximate surface area is 85.0 Å². The number of halogens is 1. The summed E-state index contributed by atoms with van der Waals surface area (Å²) in [6.07, 6.45) is 0. The second-order valence-corrected chi connectivity index (χ2v) is 3.63. The molecule has 0 heterocycles. The van der Waals surface area contributed by atoms with Crippen molar-refractivity contribution in [1.82, 2.24) is 0 Å². The van der Waals surface area contributed by atoms with Gasteiger partial charge in [0.05, 0.1) is 5.69 Å². The summed E-state index contributed by atoms with van der Waals surface area (Å²) in [5.41, 5.74) is 12.5. The summed E-state index contributed by atoms with van der Waals surface area (Å²) in [4.78, 5) is 3.93. The minimum absolute atomic E-state index is 0.0923. The van der Waals surface area contributed by atoms with Crippen LogP contribution >= 0.6 is 22.6 Å². The van der Waals surface area contributed by atoms with Crippen LogP contribution < -0.4 is 11.5 Å². The molecule has 12 heavy (non-hydrogen) atoms. The van der Waals surface area contributed by atoms with E-state index in [2.05, 4.69) is 27.6 Å². The molecule has 0 saturated heterocycles. The monoisotopic (exact) mass is 275 g/mol. The van der Waals surface area contributed by atoms with Crippen LogP contribution in [0.5, 0.6) is 0 Å². The summed E-state index contributed by atoms with van der Waals surface area (Å²) in [7, 11) is 0. The molecule has 0 amide bonds. The van der Waals surface area contributed by atoms with Gasteiger partial charge in [-0.1, -0.05) is 6.07 Å². The average Bonchev–Trinajstić information content (AvgIpc) is 1.96. The summed E-state index contributed by atoms with van der Waals surface area (Å²) < 4.78 is 1.16. The minimum atomic E-state index is 0.0923. The van der Waals surface area contributed by atoms with Gasteiger partial charge < -0.3 is 11.5 Å². The average molecular weight is 275 g/mol. The van der Waals surface area contributed by atoms with E-state index in [1.807, 2.05) is 25.1 Å². The van der Waals surface area contributed by atoms with Crippen molar-refractivity contribution in [2.45, 2.75) is 6.92 Å². The molecule has 1 aromatic rings. The van der Waals surface area contributed by atoms with Crippen molar-refractivity contribution in [3.63, 3.8) is 0 Å². The fraction of sp³-hybridized carbons (Fsp3) is 0.125. The Bertz CT molecular complexity index is 316. The molecule has 0 aliphatic rings. The van der Waals surface area contributed by atoms with Gasteiger partial charge in [-0.05, 0) is 47.2 Å². The van der Waals surface area contributed by atoms with Gasteiger partial charge in [0.1, 0.15) is 0 Å². The van der Waals surface area contributed by atoms with E-state index in [0.29, 0.717) is 0 Å². The van der Waals surface area contributed by atoms with Crippen LogP contribution in [0.15, 0.2) is 23.2 Å². The molecule has 0 saturated carbocycles. The number of hydrogen-bond acceptors (Lipinski definition) is 1. The van der Waals surface area contributed by atoms with Crippen LogP contribution in [0.4, 0.5) is 5.69 Å². The molecule has 4 heteroatoms. The Morgan fingerprint density at radius 3 is 2.58 bits per heavy atom. The summed E-state index contributed by atoms with van der Waals surface area (Å²) >= 11 is 2.25.